The number of halogens is 1. The van der Waals surface area contributed by atoms with Crippen LogP contribution in [0.1, 0.15) is 24.3 Å². The lowest BCUT2D eigenvalue weighted by molar-refractivity contribution is -0.136. The monoisotopic (exact) mass is 278 g/mol. The molecule has 19 heavy (non-hydrogen) atoms. The summed E-state index contributed by atoms with van der Waals surface area (Å²) in [5, 5.41) is 4.11. The van der Waals surface area contributed by atoms with Crippen molar-refractivity contribution in [2.24, 2.45) is 5.41 Å². The standard InChI is InChI=1S/C15H19ClN2O/c1-18-10-13(11-3-2-4-12(16)9-11)15(14(18)19)5-7-17-8-6-15/h2-4,9,13,17H,5-8,10H2,1H3. The van der Waals surface area contributed by atoms with Crippen molar-refractivity contribution in [2.45, 2.75) is 18.8 Å². The van der Waals surface area contributed by atoms with Crippen molar-refractivity contribution in [3.63, 3.8) is 0 Å². The first kappa shape index (κ1) is 12.9. The van der Waals surface area contributed by atoms with Crippen molar-refractivity contribution in [3.8, 4) is 0 Å². The van der Waals surface area contributed by atoms with Crippen molar-refractivity contribution in [1.29, 1.82) is 0 Å². The molecule has 1 atom stereocenters. The number of amides is 1. The molecule has 3 nitrogen and oxygen atoms in total. The second-order valence-electron chi connectivity index (χ2n) is 5.70. The van der Waals surface area contributed by atoms with E-state index in [0.29, 0.717) is 5.91 Å². The third-order valence-corrected chi connectivity index (χ3v) is 4.88. The Morgan fingerprint density at radius 2 is 2.11 bits per heavy atom. The molecule has 102 valence electrons. The highest BCUT2D eigenvalue weighted by Gasteiger charge is 2.53. The minimum Gasteiger partial charge on any atom is -0.345 e. The van der Waals surface area contributed by atoms with Gasteiger partial charge >= 0.3 is 0 Å². The lowest BCUT2D eigenvalue weighted by atomic mass is 9.68. The molecule has 1 unspecified atom stereocenters. The van der Waals surface area contributed by atoms with Crippen LogP contribution >= 0.6 is 11.6 Å². The molecule has 1 N–H and O–H groups in total. The van der Waals surface area contributed by atoms with Gasteiger partial charge in [0.15, 0.2) is 0 Å². The summed E-state index contributed by atoms with van der Waals surface area (Å²) in [5.74, 6) is 0.574. The van der Waals surface area contributed by atoms with Gasteiger partial charge in [-0.3, -0.25) is 4.79 Å². The molecule has 2 aliphatic heterocycles. The summed E-state index contributed by atoms with van der Waals surface area (Å²) in [4.78, 5) is 14.5. The van der Waals surface area contributed by atoms with Gasteiger partial charge in [-0.05, 0) is 43.6 Å². The second kappa shape index (κ2) is 4.80. The van der Waals surface area contributed by atoms with Crippen molar-refractivity contribution in [2.75, 3.05) is 26.7 Å². The number of carbonyl (C=O) groups is 1. The lowest BCUT2D eigenvalue weighted by Gasteiger charge is -2.36. The largest absolute Gasteiger partial charge is 0.345 e. The van der Waals surface area contributed by atoms with Gasteiger partial charge in [0.25, 0.3) is 0 Å². The van der Waals surface area contributed by atoms with E-state index >= 15 is 0 Å². The molecule has 0 aromatic heterocycles. The summed E-state index contributed by atoms with van der Waals surface area (Å²) < 4.78 is 0. The van der Waals surface area contributed by atoms with E-state index in [9.17, 15) is 4.79 Å². The van der Waals surface area contributed by atoms with E-state index in [1.807, 2.05) is 30.1 Å². The number of hydrogen-bond donors (Lipinski definition) is 1. The van der Waals surface area contributed by atoms with E-state index in [1.54, 1.807) is 0 Å². The number of likely N-dealkylation sites (tertiary alicyclic amines) is 1. The van der Waals surface area contributed by atoms with Crippen LogP contribution in [0.3, 0.4) is 0 Å². The molecule has 1 aromatic carbocycles. The maximum Gasteiger partial charge on any atom is 0.229 e. The van der Waals surface area contributed by atoms with Gasteiger partial charge in [-0.25, -0.2) is 0 Å². The zero-order valence-electron chi connectivity index (χ0n) is 11.2. The highest BCUT2D eigenvalue weighted by Crippen LogP contribution is 2.49. The topological polar surface area (TPSA) is 32.3 Å². The molecule has 2 aliphatic rings. The Labute approximate surface area is 118 Å². The fourth-order valence-electron chi connectivity index (χ4n) is 3.64. The van der Waals surface area contributed by atoms with Crippen molar-refractivity contribution in [3.05, 3.63) is 34.9 Å². The van der Waals surface area contributed by atoms with E-state index < -0.39 is 0 Å². The van der Waals surface area contributed by atoms with Gasteiger partial charge in [0.2, 0.25) is 5.91 Å². The summed E-state index contributed by atoms with van der Waals surface area (Å²) in [7, 11) is 1.91. The minimum atomic E-state index is -0.218. The Hall–Kier alpha value is -1.06. The Kier molecular flexibility index (Phi) is 3.27. The Bertz CT molecular complexity index is 497. The Morgan fingerprint density at radius 1 is 1.37 bits per heavy atom. The number of carbonyl (C=O) groups excluding carboxylic acids is 1. The average Bonchev–Trinajstić information content (AvgIpc) is 2.65. The molecule has 1 amide bonds. The molecule has 4 heteroatoms. The average molecular weight is 279 g/mol. The van der Waals surface area contributed by atoms with E-state index in [1.165, 1.54) is 5.56 Å². The third-order valence-electron chi connectivity index (χ3n) is 4.64. The summed E-state index contributed by atoms with van der Waals surface area (Å²) >= 11 is 6.11. The van der Waals surface area contributed by atoms with Crippen LogP contribution in [0.5, 0.6) is 0 Å². The minimum absolute atomic E-state index is 0.218. The molecule has 2 fully saturated rings. The molecule has 0 aliphatic carbocycles. The van der Waals surface area contributed by atoms with Crippen molar-refractivity contribution >= 4 is 17.5 Å². The quantitative estimate of drug-likeness (QED) is 0.855. The second-order valence-corrected chi connectivity index (χ2v) is 6.14. The maximum atomic E-state index is 12.6. The highest BCUT2D eigenvalue weighted by atomic mass is 35.5. The number of piperidine rings is 1. The number of hydrogen-bond acceptors (Lipinski definition) is 2. The first-order chi connectivity index (χ1) is 9.13. The fourth-order valence-corrected chi connectivity index (χ4v) is 3.84. The molecule has 0 radical (unpaired) electrons. The smallest absolute Gasteiger partial charge is 0.229 e. The van der Waals surface area contributed by atoms with E-state index in [-0.39, 0.29) is 11.3 Å². The molecule has 3 rings (SSSR count). The number of nitrogens with zero attached hydrogens (tertiary/aromatic N) is 1. The van der Waals surface area contributed by atoms with Crippen molar-refractivity contribution in [1.82, 2.24) is 10.2 Å². The summed E-state index contributed by atoms with van der Waals surface area (Å²) in [6.45, 7) is 2.66. The Balaban J connectivity index is 2.01. The number of rotatable bonds is 1. The zero-order chi connectivity index (χ0) is 13.5. The van der Waals surface area contributed by atoms with Gasteiger partial charge in [-0.15, -0.1) is 0 Å². The third kappa shape index (κ3) is 2.05. The maximum absolute atomic E-state index is 12.6. The summed E-state index contributed by atoms with van der Waals surface area (Å²) in [6, 6.07) is 7.99. The molecule has 2 saturated heterocycles. The van der Waals surface area contributed by atoms with E-state index in [4.69, 9.17) is 11.6 Å². The predicted octanol–water partition coefficient (Wildman–Crippen LogP) is 2.27. The molecule has 1 spiro atoms. The normalized spacial score (nSPS) is 26.1. The molecule has 1 aromatic rings. The molecule has 0 saturated carbocycles. The Morgan fingerprint density at radius 3 is 2.79 bits per heavy atom. The van der Waals surface area contributed by atoms with Gasteiger partial charge in [0.05, 0.1) is 5.41 Å². The SMILES string of the molecule is CN1CC(c2cccc(Cl)c2)C2(CCNCC2)C1=O. The lowest BCUT2D eigenvalue weighted by Crippen LogP contribution is -2.44. The van der Waals surface area contributed by atoms with Crippen LogP contribution in [0.25, 0.3) is 0 Å². The van der Waals surface area contributed by atoms with Crippen LogP contribution in [-0.4, -0.2) is 37.5 Å². The fraction of sp³-hybridized carbons (Fsp3) is 0.533. The molecule has 2 heterocycles. The first-order valence-corrected chi connectivity index (χ1v) is 7.23. The van der Waals surface area contributed by atoms with E-state index in [0.717, 1.165) is 37.5 Å². The van der Waals surface area contributed by atoms with Crippen molar-refractivity contribution < 1.29 is 4.79 Å². The highest BCUT2D eigenvalue weighted by molar-refractivity contribution is 6.30. The van der Waals surface area contributed by atoms with Gasteiger partial charge in [-0.2, -0.15) is 0 Å². The molecular weight excluding hydrogens is 260 g/mol. The van der Waals surface area contributed by atoms with Crippen LogP contribution in [-0.2, 0) is 4.79 Å². The first-order valence-electron chi connectivity index (χ1n) is 6.85. The van der Waals surface area contributed by atoms with Crippen LogP contribution in [0, 0.1) is 5.41 Å². The van der Waals surface area contributed by atoms with Gasteiger partial charge in [0, 0.05) is 24.5 Å². The number of nitrogens with one attached hydrogen (secondary N) is 1. The van der Waals surface area contributed by atoms with Gasteiger partial charge in [0.1, 0.15) is 0 Å². The number of benzene rings is 1. The van der Waals surface area contributed by atoms with Crippen LogP contribution < -0.4 is 5.32 Å². The van der Waals surface area contributed by atoms with Crippen LogP contribution in [0.15, 0.2) is 24.3 Å². The van der Waals surface area contributed by atoms with Gasteiger partial charge in [-0.1, -0.05) is 23.7 Å². The summed E-state index contributed by atoms with van der Waals surface area (Å²) in [6.07, 6.45) is 1.85. The van der Waals surface area contributed by atoms with E-state index in [2.05, 4.69) is 11.4 Å². The number of likely N-dealkylation sites (N-methyl/N-ethyl adjacent to an activating group) is 1. The van der Waals surface area contributed by atoms with Gasteiger partial charge < -0.3 is 10.2 Å². The molecule has 0 bridgehead atoms. The van der Waals surface area contributed by atoms with Crippen LogP contribution in [0.4, 0.5) is 0 Å². The zero-order valence-corrected chi connectivity index (χ0v) is 11.9. The molecular formula is C15H19ClN2O. The predicted molar refractivity (Wildman–Crippen MR) is 76.4 cm³/mol. The van der Waals surface area contributed by atoms with Crippen LogP contribution in [0.2, 0.25) is 5.02 Å². The summed E-state index contributed by atoms with van der Waals surface area (Å²) in [5.41, 5.74) is 0.983.